The van der Waals surface area contributed by atoms with E-state index in [4.69, 9.17) is 16.3 Å². The van der Waals surface area contributed by atoms with Crippen LogP contribution in [0, 0.1) is 12.7 Å². The Morgan fingerprint density at radius 3 is 2.71 bits per heavy atom. The number of benzene rings is 2. The van der Waals surface area contributed by atoms with Crippen LogP contribution >= 0.6 is 11.6 Å². The molecule has 0 saturated heterocycles. The summed E-state index contributed by atoms with van der Waals surface area (Å²) >= 11 is 5.73. The van der Waals surface area contributed by atoms with E-state index >= 15 is 0 Å². The van der Waals surface area contributed by atoms with Gasteiger partial charge in [0.2, 0.25) is 5.95 Å². The normalized spacial score (nSPS) is 10.8. The third-order valence-corrected chi connectivity index (χ3v) is 4.64. The molecule has 0 unspecified atom stereocenters. The van der Waals surface area contributed by atoms with E-state index in [1.54, 1.807) is 23.3 Å². The minimum absolute atomic E-state index is 0.0265. The number of carbonyl (C=O) groups excluding carboxylic acids is 1. The molecule has 1 N–H and O–H groups in total. The summed E-state index contributed by atoms with van der Waals surface area (Å²) in [5.41, 5.74) is 2.44. The highest BCUT2D eigenvalue weighted by Gasteiger charge is 2.13. The zero-order valence-corrected chi connectivity index (χ0v) is 17.3. The molecule has 0 bridgehead atoms. The summed E-state index contributed by atoms with van der Waals surface area (Å²) in [5.74, 6) is -0.404. The first-order valence-corrected chi connectivity index (χ1v) is 9.72. The van der Waals surface area contributed by atoms with Crippen molar-refractivity contribution in [3.63, 3.8) is 0 Å². The summed E-state index contributed by atoms with van der Waals surface area (Å²) in [5, 5.41) is 11.0. The molecular weight excluding hydrogens is 423 g/mol. The summed E-state index contributed by atoms with van der Waals surface area (Å²) in [7, 11) is 0. The van der Waals surface area contributed by atoms with Gasteiger partial charge in [-0.15, -0.1) is 5.10 Å². The maximum absolute atomic E-state index is 13.2. The fourth-order valence-electron chi connectivity index (χ4n) is 2.74. The van der Waals surface area contributed by atoms with E-state index in [-0.39, 0.29) is 23.4 Å². The van der Waals surface area contributed by atoms with Crippen LogP contribution in [-0.4, -0.2) is 30.5 Å². The smallest absolute Gasteiger partial charge is 0.278 e. The first kappa shape index (κ1) is 20.5. The van der Waals surface area contributed by atoms with E-state index in [0.717, 1.165) is 5.56 Å². The average molecular weight is 441 g/mol. The van der Waals surface area contributed by atoms with Gasteiger partial charge in [-0.3, -0.25) is 10.1 Å². The second kappa shape index (κ2) is 8.97. The molecule has 0 atom stereocenters. The van der Waals surface area contributed by atoms with Gasteiger partial charge in [0, 0.05) is 12.3 Å². The van der Waals surface area contributed by atoms with Crippen LogP contribution < -0.4 is 10.1 Å². The topological polar surface area (TPSA) is 86.9 Å². The molecule has 10 heteroatoms. The summed E-state index contributed by atoms with van der Waals surface area (Å²) in [6.07, 6.45) is 3.14. The van der Waals surface area contributed by atoms with E-state index in [1.165, 1.54) is 28.4 Å². The number of carbonyl (C=O) groups is 1. The SMILES string of the molecule is Cc1ccc(Cn2cnc(NC(=O)c3ccn(COc4ccc(F)c(Cl)c4)n3)n2)cc1. The number of amides is 1. The largest absolute Gasteiger partial charge is 0.471 e. The third-order valence-electron chi connectivity index (χ3n) is 4.35. The summed E-state index contributed by atoms with van der Waals surface area (Å²) in [6, 6.07) is 13.7. The highest BCUT2D eigenvalue weighted by Crippen LogP contribution is 2.21. The molecule has 8 nitrogen and oxygen atoms in total. The van der Waals surface area contributed by atoms with Gasteiger partial charge in [-0.25, -0.2) is 18.7 Å². The molecule has 0 aliphatic rings. The molecule has 2 heterocycles. The Morgan fingerprint density at radius 2 is 1.94 bits per heavy atom. The van der Waals surface area contributed by atoms with Crippen molar-refractivity contribution in [1.29, 1.82) is 0 Å². The van der Waals surface area contributed by atoms with Crippen LogP contribution in [0.2, 0.25) is 5.02 Å². The molecule has 4 aromatic rings. The predicted molar refractivity (Wildman–Crippen MR) is 113 cm³/mol. The number of nitrogens with zero attached hydrogens (tertiary/aromatic N) is 5. The van der Waals surface area contributed by atoms with Crippen molar-refractivity contribution in [1.82, 2.24) is 24.5 Å². The van der Waals surface area contributed by atoms with Gasteiger partial charge in [-0.05, 0) is 30.7 Å². The van der Waals surface area contributed by atoms with Crippen molar-refractivity contribution < 1.29 is 13.9 Å². The fraction of sp³-hybridized carbons (Fsp3) is 0.143. The van der Waals surface area contributed by atoms with Crippen LogP contribution in [0.3, 0.4) is 0 Å². The summed E-state index contributed by atoms with van der Waals surface area (Å²) in [4.78, 5) is 16.5. The number of hydrogen-bond donors (Lipinski definition) is 1. The Balaban J connectivity index is 1.33. The molecule has 4 rings (SSSR count). The van der Waals surface area contributed by atoms with Gasteiger partial charge < -0.3 is 4.74 Å². The van der Waals surface area contributed by atoms with Gasteiger partial charge >= 0.3 is 0 Å². The molecule has 2 aromatic heterocycles. The number of rotatable bonds is 7. The van der Waals surface area contributed by atoms with Gasteiger partial charge in [-0.2, -0.15) is 5.10 Å². The molecule has 1 amide bonds. The molecular formula is C21H18ClFN6O2. The van der Waals surface area contributed by atoms with Crippen molar-refractivity contribution >= 4 is 23.5 Å². The lowest BCUT2D eigenvalue weighted by molar-refractivity contribution is 0.101. The second-order valence-electron chi connectivity index (χ2n) is 6.80. The van der Waals surface area contributed by atoms with Crippen LogP contribution in [-0.2, 0) is 13.3 Å². The lowest BCUT2D eigenvalue weighted by atomic mass is 10.1. The lowest BCUT2D eigenvalue weighted by Crippen LogP contribution is -2.15. The number of ether oxygens (including phenoxy) is 1. The first-order chi connectivity index (χ1) is 15.0. The summed E-state index contributed by atoms with van der Waals surface area (Å²) in [6.45, 7) is 2.60. The van der Waals surface area contributed by atoms with Gasteiger partial charge in [0.1, 0.15) is 17.9 Å². The number of aromatic nitrogens is 5. The number of anilines is 1. The molecule has 31 heavy (non-hydrogen) atoms. The zero-order chi connectivity index (χ0) is 21.8. The van der Waals surface area contributed by atoms with Crippen molar-refractivity contribution in [3.8, 4) is 5.75 Å². The predicted octanol–water partition coefficient (Wildman–Crippen LogP) is 3.91. The Kier molecular flexibility index (Phi) is 5.94. The summed E-state index contributed by atoms with van der Waals surface area (Å²) < 4.78 is 21.8. The van der Waals surface area contributed by atoms with Crippen molar-refractivity contribution in [2.45, 2.75) is 20.2 Å². The lowest BCUT2D eigenvalue weighted by Gasteiger charge is -2.06. The fourth-order valence-corrected chi connectivity index (χ4v) is 2.91. The second-order valence-corrected chi connectivity index (χ2v) is 7.20. The van der Waals surface area contributed by atoms with Crippen LogP contribution in [0.4, 0.5) is 10.3 Å². The van der Waals surface area contributed by atoms with E-state index in [9.17, 15) is 9.18 Å². The number of aryl methyl sites for hydroxylation is 1. The van der Waals surface area contributed by atoms with Crippen LogP contribution in [0.15, 0.2) is 61.1 Å². The van der Waals surface area contributed by atoms with E-state index in [2.05, 4.69) is 20.5 Å². The van der Waals surface area contributed by atoms with E-state index < -0.39 is 11.7 Å². The molecule has 0 fully saturated rings. The number of nitrogens with one attached hydrogen (secondary N) is 1. The third kappa shape index (κ3) is 5.26. The average Bonchev–Trinajstić information content (AvgIpc) is 3.40. The van der Waals surface area contributed by atoms with Crippen LogP contribution in [0.25, 0.3) is 0 Å². The Bertz CT molecular complexity index is 1200. The first-order valence-electron chi connectivity index (χ1n) is 9.34. The minimum Gasteiger partial charge on any atom is -0.471 e. The quantitative estimate of drug-likeness (QED) is 0.470. The highest BCUT2D eigenvalue weighted by atomic mass is 35.5. The van der Waals surface area contributed by atoms with Crippen molar-refractivity contribution in [3.05, 3.63) is 88.7 Å². The van der Waals surface area contributed by atoms with Gasteiger partial charge in [-0.1, -0.05) is 41.4 Å². The standard InChI is InChI=1S/C21H18ClFN6O2/c1-14-2-4-15(5-3-14)11-29-12-24-21(27-29)25-20(30)19-8-9-28(26-19)13-31-16-6-7-18(23)17(22)10-16/h2-10,12H,11,13H2,1H3,(H,25,27,30). The maximum Gasteiger partial charge on any atom is 0.278 e. The number of hydrogen-bond acceptors (Lipinski definition) is 5. The Labute approximate surface area is 182 Å². The molecule has 0 aliphatic heterocycles. The maximum atomic E-state index is 13.2. The van der Waals surface area contributed by atoms with Crippen molar-refractivity contribution in [2.24, 2.45) is 0 Å². The van der Waals surface area contributed by atoms with E-state index in [1.807, 2.05) is 31.2 Å². The molecule has 158 valence electrons. The van der Waals surface area contributed by atoms with Gasteiger partial charge in [0.15, 0.2) is 12.4 Å². The molecule has 0 radical (unpaired) electrons. The Hall–Kier alpha value is -3.72. The van der Waals surface area contributed by atoms with Crippen molar-refractivity contribution in [2.75, 3.05) is 5.32 Å². The Morgan fingerprint density at radius 1 is 1.13 bits per heavy atom. The molecule has 0 spiro atoms. The van der Waals surface area contributed by atoms with E-state index in [0.29, 0.717) is 12.3 Å². The van der Waals surface area contributed by atoms with Crippen LogP contribution in [0.5, 0.6) is 5.75 Å². The van der Waals surface area contributed by atoms with Crippen LogP contribution in [0.1, 0.15) is 21.6 Å². The monoisotopic (exact) mass is 440 g/mol. The molecule has 0 saturated carbocycles. The highest BCUT2D eigenvalue weighted by molar-refractivity contribution is 6.30. The molecule has 2 aromatic carbocycles. The minimum atomic E-state index is -0.526. The molecule has 0 aliphatic carbocycles. The van der Waals surface area contributed by atoms with Gasteiger partial charge in [0.25, 0.3) is 5.91 Å². The zero-order valence-electron chi connectivity index (χ0n) is 16.5. The number of halogens is 2. The van der Waals surface area contributed by atoms with Gasteiger partial charge in [0.05, 0.1) is 11.6 Å².